The standard InChI is InChI=1S/C14H20N5O4PS/c1-7(2)21-24(25)22-8(3)12-9(23-24)4-10(20-12)19-6-18-11-13(15)16-5-17-14(11)19/h5-10,12H,4H2,1-3H3,(H2,15,16,17)/t8?,9-,10+,12+,24?/m0/s1. The summed E-state index contributed by atoms with van der Waals surface area (Å²) in [5.74, 6) is 0.341. The molecular weight excluding hydrogens is 365 g/mol. The third-order valence-electron chi connectivity index (χ3n) is 4.17. The number of anilines is 1. The molecule has 25 heavy (non-hydrogen) atoms. The molecule has 0 amide bonds. The summed E-state index contributed by atoms with van der Waals surface area (Å²) >= 11 is 5.50. The van der Waals surface area contributed by atoms with Gasteiger partial charge in [0.15, 0.2) is 11.5 Å². The molecule has 0 aliphatic carbocycles. The number of nitrogen functional groups attached to an aromatic ring is 1. The summed E-state index contributed by atoms with van der Waals surface area (Å²) in [6.07, 6.45) is 2.67. The molecule has 2 aliphatic heterocycles. The van der Waals surface area contributed by atoms with Crippen LogP contribution in [0.1, 0.15) is 33.4 Å². The van der Waals surface area contributed by atoms with Crippen LogP contribution in [0, 0.1) is 0 Å². The maximum Gasteiger partial charge on any atom is 0.328 e. The minimum atomic E-state index is -2.77. The van der Waals surface area contributed by atoms with Crippen molar-refractivity contribution in [2.75, 3.05) is 5.73 Å². The van der Waals surface area contributed by atoms with Crippen LogP contribution in [0.3, 0.4) is 0 Å². The summed E-state index contributed by atoms with van der Waals surface area (Å²) in [6, 6.07) is 0. The molecule has 2 aromatic heterocycles. The van der Waals surface area contributed by atoms with Crippen LogP contribution in [0.25, 0.3) is 11.2 Å². The van der Waals surface area contributed by atoms with Crippen LogP contribution >= 0.6 is 6.72 Å². The molecule has 0 bridgehead atoms. The van der Waals surface area contributed by atoms with Gasteiger partial charge in [-0.1, -0.05) is 0 Å². The minimum Gasteiger partial charge on any atom is -0.382 e. The topological polar surface area (TPSA) is 107 Å². The van der Waals surface area contributed by atoms with E-state index in [9.17, 15) is 0 Å². The summed E-state index contributed by atoms with van der Waals surface area (Å²) in [5, 5.41) is 0. The predicted octanol–water partition coefficient (Wildman–Crippen LogP) is 2.15. The van der Waals surface area contributed by atoms with E-state index in [4.69, 9.17) is 35.8 Å². The molecule has 0 radical (unpaired) electrons. The van der Waals surface area contributed by atoms with Crippen LogP contribution in [0.15, 0.2) is 12.7 Å². The molecule has 5 atom stereocenters. The highest BCUT2D eigenvalue weighted by Crippen LogP contribution is 2.59. The van der Waals surface area contributed by atoms with Gasteiger partial charge in [0.05, 0.1) is 18.5 Å². The van der Waals surface area contributed by atoms with E-state index in [0.29, 0.717) is 23.4 Å². The molecule has 4 rings (SSSR count). The molecule has 136 valence electrons. The molecule has 0 spiro atoms. The highest BCUT2D eigenvalue weighted by atomic mass is 32.5. The monoisotopic (exact) mass is 385 g/mol. The molecule has 2 aliphatic rings. The van der Waals surface area contributed by atoms with Gasteiger partial charge >= 0.3 is 6.72 Å². The van der Waals surface area contributed by atoms with E-state index in [2.05, 4.69) is 15.0 Å². The second kappa shape index (κ2) is 6.22. The van der Waals surface area contributed by atoms with E-state index in [1.165, 1.54) is 6.33 Å². The Morgan fingerprint density at radius 1 is 1.36 bits per heavy atom. The van der Waals surface area contributed by atoms with Crippen molar-refractivity contribution in [2.45, 2.75) is 57.8 Å². The Hall–Kier alpha value is -1.16. The molecule has 2 saturated heterocycles. The van der Waals surface area contributed by atoms with Gasteiger partial charge in [-0.25, -0.2) is 15.0 Å². The van der Waals surface area contributed by atoms with E-state index < -0.39 is 6.72 Å². The van der Waals surface area contributed by atoms with Crippen LogP contribution in [-0.2, 0) is 30.1 Å². The zero-order valence-corrected chi connectivity index (χ0v) is 15.8. The Bertz CT molecular complexity index is 846. The lowest BCUT2D eigenvalue weighted by atomic mass is 10.1. The molecule has 11 heteroatoms. The summed E-state index contributed by atoms with van der Waals surface area (Å²) in [5.41, 5.74) is 7.03. The summed E-state index contributed by atoms with van der Waals surface area (Å²) < 4.78 is 25.6. The first-order valence-corrected chi connectivity index (χ1v) is 10.7. The lowest BCUT2D eigenvalue weighted by Crippen LogP contribution is -2.40. The first-order chi connectivity index (χ1) is 11.9. The fourth-order valence-corrected chi connectivity index (χ4v) is 6.18. The number of hydrogen-bond acceptors (Lipinski definition) is 9. The number of rotatable bonds is 3. The van der Waals surface area contributed by atoms with Crippen LogP contribution in [-0.4, -0.2) is 43.9 Å². The lowest BCUT2D eigenvalue weighted by molar-refractivity contribution is -0.0956. The van der Waals surface area contributed by atoms with Gasteiger partial charge in [-0.15, -0.1) is 0 Å². The zero-order chi connectivity index (χ0) is 17.8. The van der Waals surface area contributed by atoms with Gasteiger partial charge < -0.3 is 24.0 Å². The van der Waals surface area contributed by atoms with Crippen LogP contribution < -0.4 is 5.73 Å². The smallest absolute Gasteiger partial charge is 0.328 e. The van der Waals surface area contributed by atoms with Gasteiger partial charge in [-0.2, -0.15) is 0 Å². The van der Waals surface area contributed by atoms with Gasteiger partial charge in [0.25, 0.3) is 0 Å². The largest absolute Gasteiger partial charge is 0.382 e. The number of nitrogens with two attached hydrogens (primary N) is 1. The van der Waals surface area contributed by atoms with Crippen molar-refractivity contribution in [1.82, 2.24) is 19.5 Å². The number of fused-ring (bicyclic) bond motifs is 2. The van der Waals surface area contributed by atoms with Crippen LogP contribution in [0.2, 0.25) is 0 Å². The first kappa shape index (κ1) is 17.3. The summed E-state index contributed by atoms with van der Waals surface area (Å²) in [6.45, 7) is 2.98. The van der Waals surface area contributed by atoms with E-state index in [1.54, 1.807) is 6.33 Å². The molecule has 2 unspecified atom stereocenters. The fourth-order valence-electron chi connectivity index (χ4n) is 3.20. The SMILES string of the molecule is CC(C)OP1(=S)OC(C)[C@H]2O[C@@H](n3cnc4c(N)ncnc43)C[C@@H]2O1. The highest BCUT2D eigenvalue weighted by Gasteiger charge is 2.49. The fraction of sp³-hybridized carbons (Fsp3) is 0.643. The van der Waals surface area contributed by atoms with Crippen LogP contribution in [0.4, 0.5) is 5.82 Å². The van der Waals surface area contributed by atoms with E-state index in [0.717, 1.165) is 0 Å². The Labute approximate surface area is 150 Å². The van der Waals surface area contributed by atoms with Gasteiger partial charge in [0.1, 0.15) is 30.3 Å². The Balaban J connectivity index is 1.60. The van der Waals surface area contributed by atoms with Crippen molar-refractivity contribution in [3.05, 3.63) is 12.7 Å². The van der Waals surface area contributed by atoms with Crippen molar-refractivity contribution in [3.63, 3.8) is 0 Å². The number of nitrogens with zero attached hydrogens (tertiary/aromatic N) is 4. The average molecular weight is 385 g/mol. The maximum atomic E-state index is 6.16. The number of aromatic nitrogens is 4. The van der Waals surface area contributed by atoms with Gasteiger partial charge in [0, 0.05) is 6.42 Å². The molecule has 9 nitrogen and oxygen atoms in total. The molecule has 0 aromatic carbocycles. The first-order valence-electron chi connectivity index (χ1n) is 8.10. The number of imidazole rings is 1. The van der Waals surface area contributed by atoms with Crippen molar-refractivity contribution in [3.8, 4) is 0 Å². The predicted molar refractivity (Wildman–Crippen MR) is 94.2 cm³/mol. The van der Waals surface area contributed by atoms with Gasteiger partial charge in [-0.05, 0) is 32.6 Å². The second-order valence-corrected chi connectivity index (χ2v) is 9.30. The normalized spacial score (nSPS) is 35.4. The molecular formula is C14H20N5O4PS. The van der Waals surface area contributed by atoms with E-state index in [-0.39, 0.29) is 30.6 Å². The summed E-state index contributed by atoms with van der Waals surface area (Å²) in [4.78, 5) is 12.5. The molecule has 2 N–H and O–H groups in total. The summed E-state index contributed by atoms with van der Waals surface area (Å²) in [7, 11) is 0. The Morgan fingerprint density at radius 2 is 2.16 bits per heavy atom. The highest BCUT2D eigenvalue weighted by molar-refractivity contribution is 8.07. The third kappa shape index (κ3) is 3.07. The van der Waals surface area contributed by atoms with E-state index in [1.807, 2.05) is 25.3 Å². The van der Waals surface area contributed by atoms with E-state index >= 15 is 0 Å². The Kier molecular flexibility index (Phi) is 4.30. The van der Waals surface area contributed by atoms with Gasteiger partial charge in [-0.3, -0.25) is 4.57 Å². The Morgan fingerprint density at radius 3 is 2.92 bits per heavy atom. The van der Waals surface area contributed by atoms with Crippen molar-refractivity contribution in [1.29, 1.82) is 0 Å². The number of hydrogen-bond donors (Lipinski definition) is 1. The van der Waals surface area contributed by atoms with Crippen molar-refractivity contribution >= 4 is 35.5 Å². The maximum absolute atomic E-state index is 6.16. The molecule has 2 fully saturated rings. The van der Waals surface area contributed by atoms with Crippen LogP contribution in [0.5, 0.6) is 0 Å². The molecule has 2 aromatic rings. The zero-order valence-electron chi connectivity index (χ0n) is 14.1. The molecule has 4 heterocycles. The minimum absolute atomic E-state index is 0.0648. The number of ether oxygens (including phenoxy) is 1. The lowest BCUT2D eigenvalue weighted by Gasteiger charge is -2.37. The third-order valence-corrected chi connectivity index (χ3v) is 6.75. The second-order valence-electron chi connectivity index (χ2n) is 6.43. The average Bonchev–Trinajstić information content (AvgIpc) is 3.10. The van der Waals surface area contributed by atoms with Gasteiger partial charge in [0.2, 0.25) is 0 Å². The molecule has 0 saturated carbocycles. The quantitative estimate of drug-likeness (QED) is 0.795. The van der Waals surface area contributed by atoms with Crippen molar-refractivity contribution in [2.24, 2.45) is 0 Å². The van der Waals surface area contributed by atoms with Crippen molar-refractivity contribution < 1.29 is 18.3 Å².